The lowest BCUT2D eigenvalue weighted by molar-refractivity contribution is 0.936. The van der Waals surface area contributed by atoms with Gasteiger partial charge in [-0.05, 0) is 43.2 Å². The summed E-state index contributed by atoms with van der Waals surface area (Å²) in [7, 11) is 0. The summed E-state index contributed by atoms with van der Waals surface area (Å²) in [6.07, 6.45) is 4.47. The number of alkyl halides is 1. The first kappa shape index (κ1) is 10.7. The van der Waals surface area contributed by atoms with Gasteiger partial charge in [0, 0.05) is 22.1 Å². The van der Waals surface area contributed by atoms with Crippen LogP contribution in [0.2, 0.25) is 0 Å². The Morgan fingerprint density at radius 3 is 2.60 bits per heavy atom. The summed E-state index contributed by atoms with van der Waals surface area (Å²) in [5.41, 5.74) is 1.23. The van der Waals surface area contributed by atoms with Crippen molar-refractivity contribution in [3.8, 4) is 0 Å². The van der Waals surface area contributed by atoms with Crippen LogP contribution in [0.5, 0.6) is 0 Å². The maximum absolute atomic E-state index is 6.34. The van der Waals surface area contributed by atoms with Crippen LogP contribution in [0, 0.1) is 6.92 Å². The van der Waals surface area contributed by atoms with Gasteiger partial charge in [0.15, 0.2) is 0 Å². The average Bonchev–Trinajstić information content (AvgIpc) is 2.66. The van der Waals surface area contributed by atoms with Gasteiger partial charge in [0.25, 0.3) is 0 Å². The van der Waals surface area contributed by atoms with Crippen molar-refractivity contribution < 1.29 is 0 Å². The van der Waals surface area contributed by atoms with Gasteiger partial charge in [-0.25, -0.2) is 0 Å². The summed E-state index contributed by atoms with van der Waals surface area (Å²) in [6.45, 7) is 2.10. The standard InChI is InChI=1S/C12H12ClNS/c1-9-2-3-12(15-9)11(13)8-10-4-6-14-7-5-10/h2-7,11H,8H2,1H3. The molecule has 2 aromatic heterocycles. The van der Waals surface area contributed by atoms with Crippen molar-refractivity contribution in [2.45, 2.75) is 18.7 Å². The number of hydrogen-bond donors (Lipinski definition) is 0. The number of halogens is 1. The molecule has 0 aliphatic heterocycles. The molecule has 2 rings (SSSR count). The molecule has 0 spiro atoms. The number of hydrogen-bond acceptors (Lipinski definition) is 2. The number of aromatic nitrogens is 1. The van der Waals surface area contributed by atoms with Gasteiger partial charge in [-0.1, -0.05) is 0 Å². The molecule has 0 amide bonds. The Morgan fingerprint density at radius 2 is 2.00 bits per heavy atom. The van der Waals surface area contributed by atoms with Crippen LogP contribution < -0.4 is 0 Å². The van der Waals surface area contributed by atoms with E-state index < -0.39 is 0 Å². The SMILES string of the molecule is Cc1ccc(C(Cl)Cc2ccncc2)s1. The van der Waals surface area contributed by atoms with Gasteiger partial charge < -0.3 is 0 Å². The van der Waals surface area contributed by atoms with Crippen molar-refractivity contribution in [1.82, 2.24) is 4.98 Å². The summed E-state index contributed by atoms with van der Waals surface area (Å²) < 4.78 is 0. The molecule has 2 aromatic rings. The first-order valence-electron chi connectivity index (χ1n) is 4.85. The van der Waals surface area contributed by atoms with Gasteiger partial charge >= 0.3 is 0 Å². The van der Waals surface area contributed by atoms with Gasteiger partial charge in [-0.15, -0.1) is 22.9 Å². The molecule has 0 saturated carbocycles. The van der Waals surface area contributed by atoms with E-state index >= 15 is 0 Å². The summed E-state index contributed by atoms with van der Waals surface area (Å²) in [6, 6.07) is 8.24. The Labute approximate surface area is 98.7 Å². The average molecular weight is 238 g/mol. The fourth-order valence-electron chi connectivity index (χ4n) is 1.45. The van der Waals surface area contributed by atoms with Crippen LogP contribution in [-0.2, 0) is 6.42 Å². The van der Waals surface area contributed by atoms with Crippen LogP contribution in [0.1, 0.15) is 20.7 Å². The lowest BCUT2D eigenvalue weighted by Crippen LogP contribution is -1.93. The van der Waals surface area contributed by atoms with Crippen molar-refractivity contribution >= 4 is 22.9 Å². The van der Waals surface area contributed by atoms with Gasteiger partial charge in [-0.2, -0.15) is 0 Å². The van der Waals surface area contributed by atoms with Crippen molar-refractivity contribution in [3.05, 3.63) is 52.0 Å². The number of rotatable bonds is 3. The summed E-state index contributed by atoms with van der Waals surface area (Å²) in [4.78, 5) is 6.54. The predicted molar refractivity (Wildman–Crippen MR) is 65.6 cm³/mol. The quantitative estimate of drug-likeness (QED) is 0.736. The Bertz CT molecular complexity index is 424. The summed E-state index contributed by atoms with van der Waals surface area (Å²) >= 11 is 8.11. The number of aryl methyl sites for hydroxylation is 1. The summed E-state index contributed by atoms with van der Waals surface area (Å²) in [5, 5.41) is 0.0751. The molecule has 0 aromatic carbocycles. The number of thiophene rings is 1. The molecule has 0 saturated heterocycles. The third-order valence-corrected chi connectivity index (χ3v) is 3.87. The molecule has 3 heteroatoms. The van der Waals surface area contributed by atoms with E-state index in [0.717, 1.165) is 6.42 Å². The van der Waals surface area contributed by atoms with E-state index in [2.05, 4.69) is 24.0 Å². The van der Waals surface area contributed by atoms with E-state index in [1.165, 1.54) is 15.3 Å². The van der Waals surface area contributed by atoms with E-state index in [9.17, 15) is 0 Å². The highest BCUT2D eigenvalue weighted by molar-refractivity contribution is 7.12. The molecule has 0 fully saturated rings. The molecule has 1 nitrogen and oxygen atoms in total. The highest BCUT2D eigenvalue weighted by atomic mass is 35.5. The third-order valence-electron chi connectivity index (χ3n) is 2.23. The third kappa shape index (κ3) is 2.80. The normalized spacial score (nSPS) is 12.7. The largest absolute Gasteiger partial charge is 0.265 e. The van der Waals surface area contributed by atoms with Crippen LogP contribution in [-0.4, -0.2) is 4.98 Å². The fourth-order valence-corrected chi connectivity index (χ4v) is 2.69. The zero-order valence-electron chi connectivity index (χ0n) is 8.48. The molecule has 0 aliphatic carbocycles. The molecule has 0 bridgehead atoms. The van der Waals surface area contributed by atoms with E-state index in [-0.39, 0.29) is 5.38 Å². The molecule has 78 valence electrons. The molecule has 1 atom stereocenters. The number of pyridine rings is 1. The van der Waals surface area contributed by atoms with Crippen molar-refractivity contribution in [1.29, 1.82) is 0 Å². The van der Waals surface area contributed by atoms with Crippen LogP contribution >= 0.6 is 22.9 Å². The second kappa shape index (κ2) is 4.77. The molecule has 15 heavy (non-hydrogen) atoms. The molecular weight excluding hydrogens is 226 g/mol. The maximum Gasteiger partial charge on any atom is 0.0718 e. The second-order valence-corrected chi connectivity index (χ2v) is 5.32. The minimum Gasteiger partial charge on any atom is -0.265 e. The lowest BCUT2D eigenvalue weighted by Gasteiger charge is -2.06. The maximum atomic E-state index is 6.34. The van der Waals surface area contributed by atoms with Gasteiger partial charge in [0.2, 0.25) is 0 Å². The van der Waals surface area contributed by atoms with E-state index in [0.29, 0.717) is 0 Å². The Kier molecular flexibility index (Phi) is 3.39. The Hall–Kier alpha value is -0.860. The van der Waals surface area contributed by atoms with E-state index in [4.69, 9.17) is 11.6 Å². The van der Waals surface area contributed by atoms with Gasteiger partial charge in [0.05, 0.1) is 5.38 Å². The first-order valence-corrected chi connectivity index (χ1v) is 6.10. The zero-order valence-corrected chi connectivity index (χ0v) is 10.1. The van der Waals surface area contributed by atoms with Crippen LogP contribution in [0.3, 0.4) is 0 Å². The molecule has 1 unspecified atom stereocenters. The second-order valence-electron chi connectivity index (χ2n) is 3.48. The first-order chi connectivity index (χ1) is 7.25. The number of nitrogens with zero attached hydrogens (tertiary/aromatic N) is 1. The molecule has 0 N–H and O–H groups in total. The molecular formula is C12H12ClNS. The van der Waals surface area contributed by atoms with Gasteiger partial charge in [-0.3, -0.25) is 4.98 Å². The zero-order chi connectivity index (χ0) is 10.7. The summed E-state index contributed by atoms with van der Waals surface area (Å²) in [5.74, 6) is 0. The molecule has 0 radical (unpaired) electrons. The van der Waals surface area contributed by atoms with Crippen LogP contribution in [0.15, 0.2) is 36.7 Å². The molecule has 0 aliphatic rings. The minimum atomic E-state index is 0.0751. The van der Waals surface area contributed by atoms with Gasteiger partial charge in [0.1, 0.15) is 0 Å². The van der Waals surface area contributed by atoms with Crippen LogP contribution in [0.4, 0.5) is 0 Å². The highest BCUT2D eigenvalue weighted by Gasteiger charge is 2.10. The smallest absolute Gasteiger partial charge is 0.0718 e. The Morgan fingerprint density at radius 1 is 1.27 bits per heavy atom. The van der Waals surface area contributed by atoms with Crippen molar-refractivity contribution in [2.24, 2.45) is 0 Å². The van der Waals surface area contributed by atoms with Crippen molar-refractivity contribution in [3.63, 3.8) is 0 Å². The lowest BCUT2D eigenvalue weighted by atomic mass is 10.1. The molecule has 2 heterocycles. The monoisotopic (exact) mass is 237 g/mol. The van der Waals surface area contributed by atoms with Crippen molar-refractivity contribution in [2.75, 3.05) is 0 Å². The highest BCUT2D eigenvalue weighted by Crippen LogP contribution is 2.30. The fraction of sp³-hybridized carbons (Fsp3) is 0.250. The predicted octanol–water partition coefficient (Wildman–Crippen LogP) is 3.97. The van der Waals surface area contributed by atoms with E-state index in [1.54, 1.807) is 23.7 Å². The van der Waals surface area contributed by atoms with Crippen LogP contribution in [0.25, 0.3) is 0 Å². The van der Waals surface area contributed by atoms with E-state index in [1.807, 2.05) is 12.1 Å². The Balaban J connectivity index is 2.07. The minimum absolute atomic E-state index is 0.0751. The topological polar surface area (TPSA) is 12.9 Å².